The van der Waals surface area contributed by atoms with Gasteiger partial charge in [-0.25, -0.2) is 0 Å². The maximum absolute atomic E-state index is 15.1. The van der Waals surface area contributed by atoms with Crippen LogP contribution < -0.4 is 24.4 Å². The molecule has 4 heterocycles. The van der Waals surface area contributed by atoms with E-state index in [9.17, 15) is 9.59 Å². The highest BCUT2D eigenvalue weighted by molar-refractivity contribution is 6.18. The molecule has 4 aliphatic heterocycles. The Balaban J connectivity index is 1.41. The van der Waals surface area contributed by atoms with Gasteiger partial charge in [0, 0.05) is 28.1 Å². The van der Waals surface area contributed by atoms with Gasteiger partial charge in [0.25, 0.3) is 0 Å². The lowest BCUT2D eigenvalue weighted by molar-refractivity contribution is -0.121. The first-order chi connectivity index (χ1) is 21.4. The first-order valence-electron chi connectivity index (χ1n) is 14.5. The van der Waals surface area contributed by atoms with Crippen LogP contribution >= 0.6 is 0 Å². The number of anilines is 2. The van der Waals surface area contributed by atoms with E-state index in [-0.39, 0.29) is 24.3 Å². The summed E-state index contributed by atoms with van der Waals surface area (Å²) in [5, 5.41) is 3.07. The molecular formula is C36H28N2O6. The van der Waals surface area contributed by atoms with Gasteiger partial charge in [-0.1, -0.05) is 42.5 Å². The van der Waals surface area contributed by atoms with E-state index in [1.54, 1.807) is 49.6 Å². The van der Waals surface area contributed by atoms with Crippen LogP contribution in [0.5, 0.6) is 17.2 Å². The number of carbonyl (C=O) groups excluding carboxylic acids is 3. The van der Waals surface area contributed by atoms with Crippen LogP contribution in [-0.4, -0.2) is 43.5 Å². The highest BCUT2D eigenvalue weighted by atomic mass is 16.7. The number of allylic oxidation sites excluding steroid dienone is 1. The van der Waals surface area contributed by atoms with Crippen molar-refractivity contribution in [1.29, 1.82) is 0 Å². The van der Waals surface area contributed by atoms with E-state index in [2.05, 4.69) is 5.32 Å². The average molecular weight is 585 g/mol. The van der Waals surface area contributed by atoms with Crippen molar-refractivity contribution < 1.29 is 28.6 Å². The van der Waals surface area contributed by atoms with Crippen molar-refractivity contribution in [3.05, 3.63) is 119 Å². The molecule has 4 aliphatic rings. The van der Waals surface area contributed by atoms with Crippen molar-refractivity contribution in [3.8, 4) is 17.2 Å². The lowest BCUT2D eigenvalue weighted by atomic mass is 9.64. The van der Waals surface area contributed by atoms with Gasteiger partial charge in [-0.05, 0) is 72.7 Å². The van der Waals surface area contributed by atoms with Crippen LogP contribution in [0.2, 0.25) is 0 Å². The molecule has 8 heteroatoms. The maximum atomic E-state index is 15.1. The molecule has 1 saturated heterocycles. The number of ether oxygens (including phenoxy) is 3. The molecule has 4 aromatic carbocycles. The number of benzene rings is 4. The maximum Gasteiger partial charge on any atom is 0.238 e. The molecule has 218 valence electrons. The molecule has 1 fully saturated rings. The van der Waals surface area contributed by atoms with Gasteiger partial charge in [0.05, 0.1) is 19.1 Å². The van der Waals surface area contributed by atoms with E-state index in [0.29, 0.717) is 39.6 Å². The topological polar surface area (TPSA) is 94.2 Å². The number of fused-ring (bicyclic) bond motifs is 7. The third kappa shape index (κ3) is 3.48. The van der Waals surface area contributed by atoms with E-state index in [0.717, 1.165) is 16.8 Å². The largest absolute Gasteiger partial charge is 0.497 e. The minimum Gasteiger partial charge on any atom is -0.497 e. The van der Waals surface area contributed by atoms with Crippen LogP contribution in [0, 0.1) is 5.92 Å². The molecule has 4 aromatic rings. The fourth-order valence-electron chi connectivity index (χ4n) is 7.54. The number of para-hydroxylation sites is 2. The predicted molar refractivity (Wildman–Crippen MR) is 165 cm³/mol. The van der Waals surface area contributed by atoms with E-state index in [4.69, 9.17) is 14.2 Å². The number of rotatable bonds is 5. The van der Waals surface area contributed by atoms with Gasteiger partial charge in [0.2, 0.25) is 12.7 Å². The summed E-state index contributed by atoms with van der Waals surface area (Å²) in [6.07, 6.45) is 2.05. The molecule has 4 atom stereocenters. The van der Waals surface area contributed by atoms with E-state index < -0.39 is 23.4 Å². The van der Waals surface area contributed by atoms with Crippen molar-refractivity contribution in [2.75, 3.05) is 24.1 Å². The zero-order valence-corrected chi connectivity index (χ0v) is 24.1. The standard InChI is InChI=1S/C36H28N2O6/c1-20-17-30-36(25-8-4-5-9-26(25)37-35(36)41)31(33(39)22-13-16-28-29(18-22)44-19-43-28)32(38(30)27-10-6-3-7-24(20)27)34(40)21-11-14-23(42-2)15-12-21/h3-18,30-32H,19H2,1-2H3,(H,37,41)/t30-,31-,32+,36-/m1/s1. The highest BCUT2D eigenvalue weighted by Crippen LogP contribution is 2.59. The van der Waals surface area contributed by atoms with Crippen molar-refractivity contribution in [3.63, 3.8) is 0 Å². The number of carbonyl (C=O) groups is 3. The molecule has 0 aliphatic carbocycles. The van der Waals surface area contributed by atoms with Gasteiger partial charge >= 0.3 is 0 Å². The summed E-state index contributed by atoms with van der Waals surface area (Å²) in [5.41, 5.74) is 3.45. The zero-order valence-electron chi connectivity index (χ0n) is 24.1. The molecule has 8 rings (SSSR count). The summed E-state index contributed by atoms with van der Waals surface area (Å²) >= 11 is 0. The second-order valence-corrected chi connectivity index (χ2v) is 11.5. The van der Waals surface area contributed by atoms with Gasteiger partial charge in [0.15, 0.2) is 23.1 Å². The fourth-order valence-corrected chi connectivity index (χ4v) is 7.54. The average Bonchev–Trinajstić information content (AvgIpc) is 3.73. The summed E-state index contributed by atoms with van der Waals surface area (Å²) < 4.78 is 16.5. The smallest absolute Gasteiger partial charge is 0.238 e. The molecule has 1 spiro atoms. The quantitative estimate of drug-likeness (QED) is 0.302. The molecule has 0 unspecified atom stereocenters. The van der Waals surface area contributed by atoms with E-state index in [1.165, 1.54) is 0 Å². The second kappa shape index (κ2) is 9.57. The zero-order chi connectivity index (χ0) is 30.2. The third-order valence-corrected chi connectivity index (χ3v) is 9.47. The SMILES string of the molecule is COc1ccc(C(=O)[C@@H]2[C@H](C(=O)c3ccc4c(c3)OCO4)[C@]3(C(=O)Nc4ccccc43)[C@H]3C=C(C)c4ccccc4N23)cc1. The number of amides is 1. The Morgan fingerprint density at radius 3 is 2.43 bits per heavy atom. The molecule has 44 heavy (non-hydrogen) atoms. The van der Waals surface area contributed by atoms with Crippen molar-refractivity contribution in [1.82, 2.24) is 0 Å². The Morgan fingerprint density at radius 2 is 1.61 bits per heavy atom. The number of methoxy groups -OCH3 is 1. The lowest BCUT2D eigenvalue weighted by Crippen LogP contribution is -2.51. The predicted octanol–water partition coefficient (Wildman–Crippen LogP) is 5.67. The van der Waals surface area contributed by atoms with Gasteiger partial charge < -0.3 is 24.4 Å². The molecule has 1 N–H and O–H groups in total. The minimum absolute atomic E-state index is 0.0609. The Kier molecular flexibility index (Phi) is 5.71. The Bertz CT molecular complexity index is 1910. The summed E-state index contributed by atoms with van der Waals surface area (Å²) in [6, 6.07) is 25.6. The van der Waals surface area contributed by atoms with Crippen molar-refractivity contribution in [2.45, 2.75) is 24.4 Å². The van der Waals surface area contributed by atoms with E-state index in [1.807, 2.05) is 66.4 Å². The third-order valence-electron chi connectivity index (χ3n) is 9.47. The first-order valence-corrected chi connectivity index (χ1v) is 14.5. The fraction of sp³-hybridized carbons (Fsp3) is 0.194. The number of Topliss-reactive ketones (excluding diaryl/α,β-unsaturated/α-hetero) is 2. The van der Waals surface area contributed by atoms with Crippen LogP contribution in [0.3, 0.4) is 0 Å². The number of nitrogens with one attached hydrogen (secondary N) is 1. The molecule has 8 nitrogen and oxygen atoms in total. The number of hydrogen-bond acceptors (Lipinski definition) is 7. The monoisotopic (exact) mass is 584 g/mol. The van der Waals surface area contributed by atoms with Gasteiger partial charge in [-0.3, -0.25) is 14.4 Å². The van der Waals surface area contributed by atoms with Crippen LogP contribution in [0.25, 0.3) is 5.57 Å². The van der Waals surface area contributed by atoms with Gasteiger partial charge in [0.1, 0.15) is 17.2 Å². The Labute approximate surface area is 253 Å². The van der Waals surface area contributed by atoms with Crippen molar-refractivity contribution >= 4 is 34.4 Å². The molecule has 0 radical (unpaired) electrons. The van der Waals surface area contributed by atoms with Crippen LogP contribution in [0.4, 0.5) is 11.4 Å². The molecule has 1 amide bonds. The molecule has 0 bridgehead atoms. The first kappa shape index (κ1) is 26.3. The van der Waals surface area contributed by atoms with E-state index >= 15 is 4.79 Å². The number of nitrogens with zero attached hydrogens (tertiary/aromatic N) is 1. The Hall–Kier alpha value is -5.37. The van der Waals surface area contributed by atoms with Gasteiger partial charge in [-0.15, -0.1) is 0 Å². The second-order valence-electron chi connectivity index (χ2n) is 11.5. The normalized spacial score (nSPS) is 23.9. The van der Waals surface area contributed by atoms with Crippen molar-refractivity contribution in [2.24, 2.45) is 5.92 Å². The number of ketones is 2. The summed E-state index contributed by atoms with van der Waals surface area (Å²) in [7, 11) is 1.57. The molecule has 0 saturated carbocycles. The summed E-state index contributed by atoms with van der Waals surface area (Å²) in [5.74, 6) is -0.351. The van der Waals surface area contributed by atoms with Crippen LogP contribution in [0.15, 0.2) is 97.1 Å². The van der Waals surface area contributed by atoms with Crippen LogP contribution in [-0.2, 0) is 10.2 Å². The Morgan fingerprint density at radius 1 is 0.886 bits per heavy atom. The molecular weight excluding hydrogens is 556 g/mol. The van der Waals surface area contributed by atoms with Gasteiger partial charge in [-0.2, -0.15) is 0 Å². The minimum atomic E-state index is -1.40. The summed E-state index contributed by atoms with van der Waals surface area (Å²) in [4.78, 5) is 46.5. The highest BCUT2D eigenvalue weighted by Gasteiger charge is 2.70. The number of hydrogen-bond donors (Lipinski definition) is 1. The summed E-state index contributed by atoms with van der Waals surface area (Å²) in [6.45, 7) is 2.07. The van der Waals surface area contributed by atoms with Crippen LogP contribution in [0.1, 0.15) is 38.8 Å². The lowest BCUT2D eigenvalue weighted by Gasteiger charge is -2.39. The molecule has 0 aromatic heterocycles.